The zero-order chi connectivity index (χ0) is 18.1. The van der Waals surface area contributed by atoms with Gasteiger partial charge in [-0.25, -0.2) is 4.99 Å². The first kappa shape index (κ1) is 18.8. The van der Waals surface area contributed by atoms with Crippen molar-refractivity contribution in [3.8, 4) is 23.8 Å². The molecule has 0 unspecified atom stereocenters. The fraction of sp³-hybridized carbons (Fsp3) is 0.526. The molecule has 136 valence electrons. The molecule has 0 bridgehead atoms. The topological polar surface area (TPSA) is 58.1 Å². The van der Waals surface area contributed by atoms with Crippen molar-refractivity contribution in [2.24, 2.45) is 4.99 Å². The number of ether oxygens (including phenoxy) is 2. The highest BCUT2D eigenvalue weighted by Crippen LogP contribution is 2.30. The molecule has 6 nitrogen and oxygen atoms in total. The first-order valence-corrected chi connectivity index (χ1v) is 8.66. The van der Waals surface area contributed by atoms with Crippen LogP contribution in [-0.4, -0.2) is 52.4 Å². The van der Waals surface area contributed by atoms with Crippen molar-refractivity contribution in [1.29, 1.82) is 0 Å². The average molecular weight is 344 g/mol. The van der Waals surface area contributed by atoms with Gasteiger partial charge >= 0.3 is 0 Å². The van der Waals surface area contributed by atoms with Crippen molar-refractivity contribution in [1.82, 2.24) is 10.6 Å². The predicted molar refractivity (Wildman–Crippen MR) is 103 cm³/mol. The van der Waals surface area contributed by atoms with E-state index in [9.17, 15) is 0 Å². The van der Waals surface area contributed by atoms with Gasteiger partial charge in [0.25, 0.3) is 0 Å². The summed E-state index contributed by atoms with van der Waals surface area (Å²) in [7, 11) is 3.35. The molecule has 1 aliphatic heterocycles. The first-order chi connectivity index (χ1) is 12.2. The normalized spacial score (nSPS) is 15.4. The number of anilines is 1. The molecule has 1 aromatic rings. The first-order valence-electron chi connectivity index (χ1n) is 8.66. The zero-order valence-corrected chi connectivity index (χ0v) is 15.3. The Balaban J connectivity index is 1.96. The summed E-state index contributed by atoms with van der Waals surface area (Å²) in [6.45, 7) is 5.17. The Kier molecular flexibility index (Phi) is 7.27. The molecule has 2 rings (SSSR count). The highest BCUT2D eigenvalue weighted by Gasteiger charge is 2.21. The van der Waals surface area contributed by atoms with E-state index in [1.807, 2.05) is 13.0 Å². The third-order valence-electron chi connectivity index (χ3n) is 4.21. The number of hydrogen-bond acceptors (Lipinski definition) is 4. The summed E-state index contributed by atoms with van der Waals surface area (Å²) >= 11 is 0. The van der Waals surface area contributed by atoms with E-state index < -0.39 is 0 Å². The van der Waals surface area contributed by atoms with Gasteiger partial charge in [0.05, 0.1) is 14.2 Å². The Morgan fingerprint density at radius 1 is 1.24 bits per heavy atom. The summed E-state index contributed by atoms with van der Waals surface area (Å²) < 4.78 is 10.7. The van der Waals surface area contributed by atoms with E-state index in [0.717, 1.165) is 55.6 Å². The summed E-state index contributed by atoms with van der Waals surface area (Å²) in [5, 5.41) is 6.71. The minimum Gasteiger partial charge on any atom is -0.497 e. The van der Waals surface area contributed by atoms with Crippen LogP contribution < -0.4 is 25.0 Å². The second-order valence-corrected chi connectivity index (χ2v) is 5.88. The second-order valence-electron chi connectivity index (χ2n) is 5.88. The fourth-order valence-corrected chi connectivity index (χ4v) is 2.90. The molecule has 1 aliphatic rings. The maximum Gasteiger partial charge on any atom is 0.192 e. The van der Waals surface area contributed by atoms with Gasteiger partial charge in [-0.1, -0.05) is 5.92 Å². The Labute approximate surface area is 150 Å². The van der Waals surface area contributed by atoms with E-state index in [1.54, 1.807) is 14.2 Å². The van der Waals surface area contributed by atoms with E-state index in [1.165, 1.54) is 0 Å². The zero-order valence-electron chi connectivity index (χ0n) is 15.3. The number of piperidine rings is 1. The second kappa shape index (κ2) is 9.67. The van der Waals surface area contributed by atoms with Crippen molar-refractivity contribution in [2.75, 3.05) is 45.3 Å². The van der Waals surface area contributed by atoms with Crippen molar-refractivity contribution < 1.29 is 9.47 Å². The van der Waals surface area contributed by atoms with Crippen LogP contribution in [0.5, 0.6) is 11.5 Å². The Bertz CT molecular complexity index is 594. The van der Waals surface area contributed by atoms with Crippen LogP contribution >= 0.6 is 0 Å². The van der Waals surface area contributed by atoms with Gasteiger partial charge in [-0.3, -0.25) is 0 Å². The lowest BCUT2D eigenvalue weighted by Crippen LogP contribution is -2.48. The maximum atomic E-state index is 5.37. The fourth-order valence-electron chi connectivity index (χ4n) is 2.90. The molecule has 0 amide bonds. The smallest absolute Gasteiger partial charge is 0.192 e. The molecule has 1 saturated heterocycles. The number of terminal acetylenes is 1. The molecule has 25 heavy (non-hydrogen) atoms. The number of aliphatic imine (C=N–C) groups is 1. The highest BCUT2D eigenvalue weighted by atomic mass is 16.5. The summed E-state index contributed by atoms with van der Waals surface area (Å²) in [5.74, 6) is 4.96. The molecular weight excluding hydrogens is 316 g/mol. The van der Waals surface area contributed by atoms with Crippen LogP contribution in [0.4, 0.5) is 5.69 Å². The number of guanidine groups is 1. The summed E-state index contributed by atoms with van der Waals surface area (Å²) in [4.78, 5) is 6.72. The largest absolute Gasteiger partial charge is 0.497 e. The number of nitrogens with one attached hydrogen (secondary N) is 2. The minimum atomic E-state index is 0.387. The Morgan fingerprint density at radius 2 is 1.88 bits per heavy atom. The molecular formula is C19H28N4O2. The van der Waals surface area contributed by atoms with Gasteiger partial charge in [0.1, 0.15) is 18.0 Å². The highest BCUT2D eigenvalue weighted by molar-refractivity contribution is 5.80. The average Bonchev–Trinajstić information content (AvgIpc) is 2.66. The lowest BCUT2D eigenvalue weighted by atomic mass is 10.0. The van der Waals surface area contributed by atoms with E-state index in [4.69, 9.17) is 15.9 Å². The number of benzene rings is 1. The van der Waals surface area contributed by atoms with Gasteiger partial charge < -0.3 is 25.0 Å². The van der Waals surface area contributed by atoms with Crippen LogP contribution in [0.3, 0.4) is 0 Å². The van der Waals surface area contributed by atoms with E-state index in [-0.39, 0.29) is 0 Å². The molecule has 0 aliphatic carbocycles. The van der Waals surface area contributed by atoms with E-state index in [2.05, 4.69) is 38.6 Å². The Morgan fingerprint density at radius 3 is 2.40 bits per heavy atom. The Hall–Kier alpha value is -2.55. The molecule has 6 heteroatoms. The SMILES string of the molecule is C#CCN=C(NCC)NC1CCN(c2cc(OC)cc(OC)c2)CC1. The third kappa shape index (κ3) is 5.49. The van der Waals surface area contributed by atoms with Gasteiger partial charge in [0, 0.05) is 49.6 Å². The molecule has 0 spiro atoms. The number of hydrogen-bond donors (Lipinski definition) is 2. The van der Waals surface area contributed by atoms with Crippen molar-refractivity contribution in [3.63, 3.8) is 0 Å². The maximum absolute atomic E-state index is 5.37. The molecule has 0 saturated carbocycles. The van der Waals surface area contributed by atoms with Crippen molar-refractivity contribution in [3.05, 3.63) is 18.2 Å². The number of nitrogens with zero attached hydrogens (tertiary/aromatic N) is 2. The molecule has 1 heterocycles. The summed E-state index contributed by atoms with van der Waals surface area (Å²) in [5.41, 5.74) is 1.13. The lowest BCUT2D eigenvalue weighted by molar-refractivity contribution is 0.393. The van der Waals surface area contributed by atoms with Gasteiger partial charge in [-0.2, -0.15) is 0 Å². The molecule has 0 aromatic heterocycles. The standard InChI is InChI=1S/C19H28N4O2/c1-5-9-21-19(20-6-2)22-15-7-10-23(11-8-15)16-12-17(24-3)14-18(13-16)25-4/h1,12-15H,6-11H2,2-4H3,(H2,20,21,22). The number of rotatable bonds is 6. The van der Waals surface area contributed by atoms with Crippen molar-refractivity contribution >= 4 is 11.6 Å². The lowest BCUT2D eigenvalue weighted by Gasteiger charge is -2.34. The minimum absolute atomic E-state index is 0.387. The van der Waals surface area contributed by atoms with Gasteiger partial charge in [0.15, 0.2) is 5.96 Å². The van der Waals surface area contributed by atoms with Crippen LogP contribution in [0.25, 0.3) is 0 Å². The van der Waals surface area contributed by atoms with Crippen molar-refractivity contribution in [2.45, 2.75) is 25.8 Å². The van der Waals surface area contributed by atoms with Crippen LogP contribution in [-0.2, 0) is 0 Å². The molecule has 1 aromatic carbocycles. The molecule has 0 atom stereocenters. The summed E-state index contributed by atoms with van der Waals surface area (Å²) in [6.07, 6.45) is 7.35. The van der Waals surface area contributed by atoms with Gasteiger partial charge in [-0.15, -0.1) is 6.42 Å². The molecule has 2 N–H and O–H groups in total. The predicted octanol–water partition coefficient (Wildman–Crippen LogP) is 1.86. The van der Waals surface area contributed by atoms with Crippen LogP contribution in [0.1, 0.15) is 19.8 Å². The van der Waals surface area contributed by atoms with E-state index >= 15 is 0 Å². The van der Waals surface area contributed by atoms with Gasteiger partial charge in [-0.05, 0) is 19.8 Å². The van der Waals surface area contributed by atoms with Crippen LogP contribution in [0, 0.1) is 12.3 Å². The van der Waals surface area contributed by atoms with Crippen LogP contribution in [0.15, 0.2) is 23.2 Å². The number of methoxy groups -OCH3 is 2. The monoisotopic (exact) mass is 344 g/mol. The quantitative estimate of drug-likeness (QED) is 0.469. The summed E-state index contributed by atoms with van der Waals surface area (Å²) in [6, 6.07) is 6.38. The molecule has 1 fully saturated rings. The van der Waals surface area contributed by atoms with E-state index in [0.29, 0.717) is 12.6 Å². The van der Waals surface area contributed by atoms with Crippen LogP contribution in [0.2, 0.25) is 0 Å². The van der Waals surface area contributed by atoms with Gasteiger partial charge in [0.2, 0.25) is 0 Å². The molecule has 0 radical (unpaired) electrons. The third-order valence-corrected chi connectivity index (χ3v) is 4.21.